The van der Waals surface area contributed by atoms with Crippen molar-refractivity contribution in [2.45, 2.75) is 13.0 Å². The number of non-ortho nitro benzene ring substituents is 1. The lowest BCUT2D eigenvalue weighted by Gasteiger charge is -2.09. The number of halogens is 2. The van der Waals surface area contributed by atoms with E-state index in [0.717, 1.165) is 0 Å². The second-order valence-electron chi connectivity index (χ2n) is 2.91. The molecule has 15 heavy (non-hydrogen) atoms. The largest absolute Gasteiger partial charge is 0.506 e. The van der Waals surface area contributed by atoms with Gasteiger partial charge in [0.25, 0.3) is 5.69 Å². The lowest BCUT2D eigenvalue weighted by Crippen LogP contribution is -2.06. The third-order valence-corrected chi connectivity index (χ3v) is 2.38. The van der Waals surface area contributed by atoms with Gasteiger partial charge in [0, 0.05) is 23.7 Å². The molecule has 5 nitrogen and oxygen atoms in total. The summed E-state index contributed by atoms with van der Waals surface area (Å²) in [7, 11) is 0. The van der Waals surface area contributed by atoms with Crippen molar-refractivity contribution in [1.82, 2.24) is 0 Å². The van der Waals surface area contributed by atoms with Gasteiger partial charge in [-0.15, -0.1) is 12.4 Å². The molecule has 0 saturated carbocycles. The number of nitrogens with two attached hydrogens (primary N) is 1. The third-order valence-electron chi connectivity index (χ3n) is 1.78. The van der Waals surface area contributed by atoms with E-state index in [2.05, 4.69) is 15.9 Å². The zero-order chi connectivity index (χ0) is 10.9. The maximum absolute atomic E-state index is 10.5. The van der Waals surface area contributed by atoms with Gasteiger partial charge in [-0.1, -0.05) is 0 Å². The van der Waals surface area contributed by atoms with E-state index in [1.54, 1.807) is 6.92 Å². The summed E-state index contributed by atoms with van der Waals surface area (Å²) in [4.78, 5) is 9.97. The molecule has 7 heteroatoms. The van der Waals surface area contributed by atoms with Gasteiger partial charge in [0.1, 0.15) is 5.75 Å². The van der Waals surface area contributed by atoms with Crippen LogP contribution in [0.1, 0.15) is 18.5 Å². The van der Waals surface area contributed by atoms with E-state index in [4.69, 9.17) is 5.73 Å². The molecule has 0 aliphatic carbocycles. The second kappa shape index (κ2) is 5.29. The van der Waals surface area contributed by atoms with Gasteiger partial charge in [-0.25, -0.2) is 0 Å². The minimum absolute atomic E-state index is 0. The average molecular weight is 298 g/mol. The van der Waals surface area contributed by atoms with Crippen molar-refractivity contribution in [2.24, 2.45) is 5.73 Å². The Labute approximate surface area is 101 Å². The maximum atomic E-state index is 10.5. The number of benzene rings is 1. The first-order valence-electron chi connectivity index (χ1n) is 3.86. The smallest absolute Gasteiger partial charge is 0.271 e. The number of aromatic hydroxyl groups is 1. The molecule has 0 fully saturated rings. The third kappa shape index (κ3) is 3.05. The first-order chi connectivity index (χ1) is 6.43. The number of nitrogens with zero attached hydrogens (tertiary/aromatic N) is 1. The molecule has 1 atom stereocenters. The topological polar surface area (TPSA) is 89.4 Å². The quantitative estimate of drug-likeness (QED) is 0.648. The number of phenolic OH excluding ortho intramolecular Hbond substituents is 1. The van der Waals surface area contributed by atoms with E-state index >= 15 is 0 Å². The van der Waals surface area contributed by atoms with Gasteiger partial charge in [-0.3, -0.25) is 10.1 Å². The maximum Gasteiger partial charge on any atom is 0.271 e. The van der Waals surface area contributed by atoms with Gasteiger partial charge in [0.05, 0.1) is 9.40 Å². The Bertz CT molecular complexity index is 384. The molecule has 1 aromatic rings. The zero-order valence-electron chi connectivity index (χ0n) is 7.81. The van der Waals surface area contributed by atoms with Crippen LogP contribution in [-0.4, -0.2) is 10.0 Å². The molecule has 0 amide bonds. The molecule has 1 rings (SSSR count). The van der Waals surface area contributed by atoms with Crippen molar-refractivity contribution in [3.8, 4) is 5.75 Å². The van der Waals surface area contributed by atoms with E-state index in [-0.39, 0.29) is 28.3 Å². The molecule has 0 aliphatic rings. The normalized spacial score (nSPS) is 11.7. The number of nitro benzene ring substituents is 1. The Morgan fingerprint density at radius 2 is 2.13 bits per heavy atom. The summed E-state index contributed by atoms with van der Waals surface area (Å²) in [6, 6.07) is 2.05. The fraction of sp³-hybridized carbons (Fsp3) is 0.250. The van der Waals surface area contributed by atoms with Crippen molar-refractivity contribution < 1.29 is 10.0 Å². The molecule has 0 heterocycles. The Kier molecular flexibility index (Phi) is 4.99. The van der Waals surface area contributed by atoms with E-state index in [1.165, 1.54) is 12.1 Å². The molecule has 0 aliphatic heterocycles. The van der Waals surface area contributed by atoms with Crippen LogP contribution in [0, 0.1) is 10.1 Å². The Morgan fingerprint density at radius 3 is 2.53 bits per heavy atom. The molecular weight excluding hydrogens is 287 g/mol. The Morgan fingerprint density at radius 1 is 1.60 bits per heavy atom. The van der Waals surface area contributed by atoms with Crippen molar-refractivity contribution >= 4 is 34.0 Å². The fourth-order valence-electron chi connectivity index (χ4n) is 1.06. The SMILES string of the molecule is C[C@H](N)c1cc([N+](=O)[O-])cc(Br)c1O.Cl. The van der Waals surface area contributed by atoms with E-state index < -0.39 is 11.0 Å². The van der Waals surface area contributed by atoms with Crippen LogP contribution >= 0.6 is 28.3 Å². The predicted molar refractivity (Wildman–Crippen MR) is 62.3 cm³/mol. The highest BCUT2D eigenvalue weighted by Crippen LogP contribution is 2.34. The molecule has 0 aromatic heterocycles. The number of hydrogen-bond donors (Lipinski definition) is 2. The highest BCUT2D eigenvalue weighted by molar-refractivity contribution is 9.10. The zero-order valence-corrected chi connectivity index (χ0v) is 10.2. The minimum atomic E-state index is -0.532. The van der Waals surface area contributed by atoms with E-state index in [1.807, 2.05) is 0 Å². The van der Waals surface area contributed by atoms with Crippen LogP contribution in [0.3, 0.4) is 0 Å². The summed E-state index contributed by atoms with van der Waals surface area (Å²) < 4.78 is 0.277. The molecule has 0 radical (unpaired) electrons. The van der Waals surface area contributed by atoms with Crippen LogP contribution in [0.15, 0.2) is 16.6 Å². The molecular formula is C8H10BrClN2O3. The highest BCUT2D eigenvalue weighted by atomic mass is 79.9. The molecule has 0 bridgehead atoms. The molecule has 3 N–H and O–H groups in total. The average Bonchev–Trinajstić information content (AvgIpc) is 2.08. The first-order valence-corrected chi connectivity index (χ1v) is 4.65. The summed E-state index contributed by atoms with van der Waals surface area (Å²) in [5.41, 5.74) is 5.81. The van der Waals surface area contributed by atoms with Gasteiger partial charge < -0.3 is 10.8 Å². The summed E-state index contributed by atoms with van der Waals surface area (Å²) >= 11 is 3.02. The van der Waals surface area contributed by atoms with Crippen molar-refractivity contribution in [3.63, 3.8) is 0 Å². The van der Waals surface area contributed by atoms with E-state index in [9.17, 15) is 15.2 Å². The van der Waals surface area contributed by atoms with Crippen LogP contribution in [-0.2, 0) is 0 Å². The van der Waals surface area contributed by atoms with Gasteiger partial charge in [0.15, 0.2) is 0 Å². The van der Waals surface area contributed by atoms with Crippen LogP contribution < -0.4 is 5.73 Å². The summed E-state index contributed by atoms with van der Waals surface area (Å²) in [6.45, 7) is 1.64. The number of phenols is 1. The van der Waals surface area contributed by atoms with Gasteiger partial charge in [0.2, 0.25) is 0 Å². The van der Waals surface area contributed by atoms with Crippen LogP contribution in [0.5, 0.6) is 5.75 Å². The van der Waals surface area contributed by atoms with Crippen LogP contribution in [0.25, 0.3) is 0 Å². The van der Waals surface area contributed by atoms with Gasteiger partial charge in [-0.05, 0) is 22.9 Å². The second-order valence-corrected chi connectivity index (χ2v) is 3.77. The van der Waals surface area contributed by atoms with E-state index in [0.29, 0.717) is 5.56 Å². The fourth-order valence-corrected chi connectivity index (χ4v) is 1.52. The standard InChI is InChI=1S/C8H9BrN2O3.ClH/c1-4(10)6-2-5(11(13)14)3-7(9)8(6)12;/h2-4,12H,10H2,1H3;1H/t4-;/m0./s1. The van der Waals surface area contributed by atoms with Crippen LogP contribution in [0.2, 0.25) is 0 Å². The number of rotatable bonds is 2. The molecule has 0 unspecified atom stereocenters. The summed E-state index contributed by atoms with van der Waals surface area (Å²) in [6.07, 6.45) is 0. The molecule has 0 spiro atoms. The molecule has 84 valence electrons. The number of nitro groups is 1. The van der Waals surface area contributed by atoms with Crippen molar-refractivity contribution in [2.75, 3.05) is 0 Å². The minimum Gasteiger partial charge on any atom is -0.506 e. The van der Waals surface area contributed by atoms with Gasteiger partial charge >= 0.3 is 0 Å². The highest BCUT2D eigenvalue weighted by Gasteiger charge is 2.16. The lowest BCUT2D eigenvalue weighted by atomic mass is 10.1. The predicted octanol–water partition coefficient (Wildman–Crippen LogP) is 2.50. The summed E-state index contributed by atoms with van der Waals surface area (Å²) in [5, 5.41) is 20.0. The van der Waals surface area contributed by atoms with Crippen molar-refractivity contribution in [3.05, 3.63) is 32.3 Å². The van der Waals surface area contributed by atoms with Crippen LogP contribution in [0.4, 0.5) is 5.69 Å². The lowest BCUT2D eigenvalue weighted by molar-refractivity contribution is -0.385. The molecule has 0 saturated heterocycles. The summed E-state index contributed by atoms with van der Waals surface area (Å²) in [5.74, 6) is -0.0504. The Hall–Kier alpha value is -0.850. The van der Waals surface area contributed by atoms with Crippen molar-refractivity contribution in [1.29, 1.82) is 0 Å². The monoisotopic (exact) mass is 296 g/mol. The first kappa shape index (κ1) is 14.2. The van der Waals surface area contributed by atoms with Gasteiger partial charge in [-0.2, -0.15) is 0 Å². The Balaban J connectivity index is 0.00000196. The number of hydrogen-bond acceptors (Lipinski definition) is 4. The molecule has 1 aromatic carbocycles.